The molecule has 19 heavy (non-hydrogen) atoms. The van der Waals surface area contributed by atoms with E-state index in [0.29, 0.717) is 0 Å². The summed E-state index contributed by atoms with van der Waals surface area (Å²) in [5.74, 6) is 1.14. The molecule has 2 rings (SSSR count). The fourth-order valence-electron chi connectivity index (χ4n) is 2.02. The molecule has 4 heteroatoms. The number of ether oxygens (including phenoxy) is 1. The summed E-state index contributed by atoms with van der Waals surface area (Å²) in [6, 6.07) is 12.1. The lowest BCUT2D eigenvalue weighted by molar-refractivity contribution is 0.200. The van der Waals surface area contributed by atoms with E-state index in [1.165, 1.54) is 4.90 Å². The van der Waals surface area contributed by atoms with Gasteiger partial charge in [-0.05, 0) is 29.3 Å². The Bertz CT molecular complexity index is 583. The molecule has 2 aromatic carbocycles. The summed E-state index contributed by atoms with van der Waals surface area (Å²) in [5, 5.41) is 9.85. The first-order valence-electron chi connectivity index (χ1n) is 6.22. The first kappa shape index (κ1) is 13.9. The van der Waals surface area contributed by atoms with Crippen LogP contribution >= 0.6 is 11.8 Å². The number of hydrogen-bond acceptors (Lipinski definition) is 3. The minimum Gasteiger partial charge on any atom is -0.385 e. The Morgan fingerprint density at radius 1 is 1.21 bits per heavy atom. The van der Waals surface area contributed by atoms with Gasteiger partial charge >= 0.3 is 0 Å². The molecular weight excluding hydrogens is 256 g/mol. The third-order valence-electron chi connectivity index (χ3n) is 2.92. The van der Waals surface area contributed by atoms with Crippen molar-refractivity contribution in [3.8, 4) is 0 Å². The zero-order chi connectivity index (χ0) is 13.7. The normalized spacial score (nSPS) is 10.8. The number of nitrogen functional groups attached to an aromatic ring is 1. The van der Waals surface area contributed by atoms with E-state index in [4.69, 9.17) is 15.9 Å². The van der Waals surface area contributed by atoms with Gasteiger partial charge < -0.3 is 10.5 Å². The van der Waals surface area contributed by atoms with Crippen LogP contribution in [0.25, 0.3) is 10.8 Å². The molecule has 3 N–H and O–H groups in total. The van der Waals surface area contributed by atoms with E-state index < -0.39 is 0 Å². The van der Waals surface area contributed by atoms with Gasteiger partial charge in [-0.3, -0.25) is 5.41 Å². The average molecular weight is 274 g/mol. The van der Waals surface area contributed by atoms with Gasteiger partial charge in [0, 0.05) is 29.9 Å². The zero-order valence-electron chi connectivity index (χ0n) is 11.0. The first-order valence-corrected chi connectivity index (χ1v) is 7.20. The topological polar surface area (TPSA) is 59.1 Å². The van der Waals surface area contributed by atoms with Crippen molar-refractivity contribution in [1.82, 2.24) is 0 Å². The Hall–Kier alpha value is -1.52. The zero-order valence-corrected chi connectivity index (χ0v) is 11.8. The molecule has 0 heterocycles. The van der Waals surface area contributed by atoms with Crippen LogP contribution in [0.3, 0.4) is 0 Å². The smallest absolute Gasteiger partial charge is 0.123 e. The van der Waals surface area contributed by atoms with E-state index in [1.807, 2.05) is 36.0 Å². The van der Waals surface area contributed by atoms with E-state index in [9.17, 15) is 0 Å². The van der Waals surface area contributed by atoms with Crippen molar-refractivity contribution in [2.45, 2.75) is 11.3 Å². The fourth-order valence-corrected chi connectivity index (χ4v) is 3.00. The molecule has 100 valence electrons. The molecule has 0 atom stereocenters. The summed E-state index contributed by atoms with van der Waals surface area (Å²) in [5.41, 5.74) is 6.43. The second-order valence-electron chi connectivity index (χ2n) is 4.27. The van der Waals surface area contributed by atoms with E-state index in [0.717, 1.165) is 35.1 Å². The minimum atomic E-state index is 0.118. The van der Waals surface area contributed by atoms with Crippen LogP contribution in [0, 0.1) is 5.41 Å². The monoisotopic (exact) mass is 274 g/mol. The van der Waals surface area contributed by atoms with E-state index in [1.54, 1.807) is 7.11 Å². The predicted molar refractivity (Wildman–Crippen MR) is 82.2 cm³/mol. The van der Waals surface area contributed by atoms with Crippen molar-refractivity contribution < 1.29 is 4.74 Å². The molecule has 0 unspecified atom stereocenters. The number of fused-ring (bicyclic) bond motifs is 1. The van der Waals surface area contributed by atoms with E-state index in [2.05, 4.69) is 12.1 Å². The highest BCUT2D eigenvalue weighted by molar-refractivity contribution is 7.99. The van der Waals surface area contributed by atoms with Crippen molar-refractivity contribution in [2.24, 2.45) is 5.73 Å². The van der Waals surface area contributed by atoms with Gasteiger partial charge in [0.05, 0.1) is 0 Å². The highest BCUT2D eigenvalue weighted by atomic mass is 32.2. The average Bonchev–Trinajstić information content (AvgIpc) is 2.43. The Morgan fingerprint density at radius 2 is 1.95 bits per heavy atom. The maximum absolute atomic E-state index is 7.64. The SMILES string of the molecule is COCCCSc1ccc(C(=N)N)c2ccccc12. The lowest BCUT2D eigenvalue weighted by Crippen LogP contribution is -2.11. The molecule has 0 aromatic heterocycles. The third kappa shape index (κ3) is 3.28. The van der Waals surface area contributed by atoms with Crippen molar-refractivity contribution in [1.29, 1.82) is 5.41 Å². The molecule has 0 saturated heterocycles. The number of thioether (sulfide) groups is 1. The largest absolute Gasteiger partial charge is 0.385 e. The summed E-state index contributed by atoms with van der Waals surface area (Å²) >= 11 is 1.82. The molecule has 0 spiro atoms. The molecule has 0 aliphatic carbocycles. The lowest BCUT2D eigenvalue weighted by atomic mass is 10.0. The summed E-state index contributed by atoms with van der Waals surface area (Å²) in [6.07, 6.45) is 1.03. The Morgan fingerprint density at radius 3 is 2.63 bits per heavy atom. The van der Waals surface area contributed by atoms with Gasteiger partial charge in [0.25, 0.3) is 0 Å². The quantitative estimate of drug-likeness (QED) is 0.368. The number of hydrogen-bond donors (Lipinski definition) is 2. The Labute approximate surface area is 117 Å². The van der Waals surface area contributed by atoms with Crippen molar-refractivity contribution in [2.75, 3.05) is 19.5 Å². The van der Waals surface area contributed by atoms with Crippen molar-refractivity contribution in [3.05, 3.63) is 42.0 Å². The fraction of sp³-hybridized carbons (Fsp3) is 0.267. The van der Waals surface area contributed by atoms with Gasteiger partial charge in [-0.2, -0.15) is 0 Å². The van der Waals surface area contributed by atoms with Crippen LogP contribution in [0.4, 0.5) is 0 Å². The number of amidine groups is 1. The van der Waals surface area contributed by atoms with Gasteiger partial charge in [0.15, 0.2) is 0 Å². The van der Waals surface area contributed by atoms with Gasteiger partial charge in [0.1, 0.15) is 5.84 Å². The number of benzene rings is 2. The molecule has 0 fully saturated rings. The van der Waals surface area contributed by atoms with Crippen LogP contribution in [0.5, 0.6) is 0 Å². The summed E-state index contributed by atoms with van der Waals surface area (Å²) < 4.78 is 5.06. The molecule has 0 bridgehead atoms. The predicted octanol–water partition coefficient (Wildman–Crippen LogP) is 3.25. The van der Waals surface area contributed by atoms with Gasteiger partial charge in [-0.15, -0.1) is 11.8 Å². The second kappa shape index (κ2) is 6.59. The highest BCUT2D eigenvalue weighted by Gasteiger charge is 2.07. The van der Waals surface area contributed by atoms with Crippen LogP contribution in [0.2, 0.25) is 0 Å². The third-order valence-corrected chi connectivity index (χ3v) is 4.08. The number of nitrogens with one attached hydrogen (secondary N) is 1. The Balaban J connectivity index is 2.30. The van der Waals surface area contributed by atoms with Crippen LogP contribution < -0.4 is 5.73 Å². The van der Waals surface area contributed by atoms with Crippen LogP contribution in [0.15, 0.2) is 41.3 Å². The van der Waals surface area contributed by atoms with Gasteiger partial charge in [0.2, 0.25) is 0 Å². The van der Waals surface area contributed by atoms with Crippen molar-refractivity contribution >= 4 is 28.4 Å². The maximum atomic E-state index is 7.64. The second-order valence-corrected chi connectivity index (χ2v) is 5.40. The van der Waals surface area contributed by atoms with Crippen LogP contribution in [0.1, 0.15) is 12.0 Å². The van der Waals surface area contributed by atoms with Crippen molar-refractivity contribution in [3.63, 3.8) is 0 Å². The number of nitrogens with two attached hydrogens (primary N) is 1. The maximum Gasteiger partial charge on any atom is 0.123 e. The first-order chi connectivity index (χ1) is 9.24. The van der Waals surface area contributed by atoms with Crippen LogP contribution in [-0.4, -0.2) is 25.3 Å². The van der Waals surface area contributed by atoms with Gasteiger partial charge in [-0.25, -0.2) is 0 Å². The molecule has 3 nitrogen and oxygen atoms in total. The van der Waals surface area contributed by atoms with E-state index in [-0.39, 0.29) is 5.84 Å². The minimum absolute atomic E-state index is 0.118. The molecular formula is C15H18N2OS. The Kier molecular flexibility index (Phi) is 4.82. The van der Waals surface area contributed by atoms with E-state index >= 15 is 0 Å². The van der Waals surface area contributed by atoms with Crippen LogP contribution in [-0.2, 0) is 4.74 Å². The highest BCUT2D eigenvalue weighted by Crippen LogP contribution is 2.30. The molecule has 0 amide bonds. The summed E-state index contributed by atoms with van der Waals surface area (Å²) in [4.78, 5) is 1.23. The number of methoxy groups -OCH3 is 1. The standard InChI is InChI=1S/C15H18N2OS/c1-18-9-4-10-19-14-8-7-13(15(16)17)11-5-2-3-6-12(11)14/h2-3,5-8H,4,9-10H2,1H3,(H3,16,17). The molecule has 0 radical (unpaired) electrons. The molecule has 0 saturated carbocycles. The molecule has 0 aliphatic heterocycles. The number of rotatable bonds is 6. The van der Waals surface area contributed by atoms with Gasteiger partial charge in [-0.1, -0.05) is 24.3 Å². The molecule has 2 aromatic rings. The lowest BCUT2D eigenvalue weighted by Gasteiger charge is -2.10. The molecule has 0 aliphatic rings. The summed E-state index contributed by atoms with van der Waals surface area (Å²) in [7, 11) is 1.72. The summed E-state index contributed by atoms with van der Waals surface area (Å²) in [6.45, 7) is 0.788.